The smallest absolute Gasteiger partial charge is 0.531 e. The van der Waals surface area contributed by atoms with Gasteiger partial charge in [-0.2, -0.15) is 18.2 Å². The van der Waals surface area contributed by atoms with Crippen molar-refractivity contribution in [1.82, 2.24) is 0 Å². The zero-order valence-electron chi connectivity index (χ0n) is 5.74. The van der Waals surface area contributed by atoms with E-state index in [9.17, 15) is 4.79 Å². The van der Waals surface area contributed by atoms with E-state index in [4.69, 9.17) is 5.11 Å². The van der Waals surface area contributed by atoms with Crippen LogP contribution in [0.25, 0.3) is 0 Å². The molecule has 0 spiro atoms. The van der Waals surface area contributed by atoms with Gasteiger partial charge in [0.05, 0.1) is 0 Å². The van der Waals surface area contributed by atoms with Gasteiger partial charge in [-0.25, -0.2) is 0 Å². The van der Waals surface area contributed by atoms with Gasteiger partial charge in [0.1, 0.15) is 0 Å². The zero-order chi connectivity index (χ0) is 7.40. The van der Waals surface area contributed by atoms with Gasteiger partial charge in [0, 0.05) is 5.75 Å². The van der Waals surface area contributed by atoms with Gasteiger partial charge in [-0.15, -0.1) is 6.07 Å². The van der Waals surface area contributed by atoms with Crippen molar-refractivity contribution in [3.8, 4) is 5.75 Å². The summed E-state index contributed by atoms with van der Waals surface area (Å²) in [6.07, 6.45) is 0.503. The summed E-state index contributed by atoms with van der Waals surface area (Å²) < 4.78 is 0. The molecular weight excluding hydrogens is 219 g/mol. The van der Waals surface area contributed by atoms with Crippen molar-refractivity contribution in [2.75, 3.05) is 5.32 Å². The van der Waals surface area contributed by atoms with E-state index in [1.54, 1.807) is 6.07 Å². The van der Waals surface area contributed by atoms with Crippen LogP contribution in [0.3, 0.4) is 0 Å². The second-order valence-electron chi connectivity index (χ2n) is 1.71. The molecule has 0 aliphatic rings. The van der Waals surface area contributed by atoms with E-state index >= 15 is 0 Å². The molecule has 0 fully saturated rings. The monoisotopic (exact) mass is 225 g/mol. The second kappa shape index (κ2) is 5.27. The maximum Gasteiger partial charge on any atom is 3.00 e. The molecule has 11 heavy (non-hydrogen) atoms. The van der Waals surface area contributed by atoms with Crippen LogP contribution in [0.1, 0.15) is 0 Å². The summed E-state index contributed by atoms with van der Waals surface area (Å²) in [6.45, 7) is 0. The number of aromatic hydroxyl groups is 1. The summed E-state index contributed by atoms with van der Waals surface area (Å²) in [6, 6.07) is 7.21. The number of phenolic OH excluding ortho intramolecular Hbond substituents is 1. The van der Waals surface area contributed by atoms with Crippen LogP contribution >= 0.6 is 0 Å². The fraction of sp³-hybridized carbons (Fsp3) is 0. The molecule has 2 N–H and O–H groups in total. The van der Waals surface area contributed by atoms with Gasteiger partial charge >= 0.3 is 32.7 Å². The molecular formula is C7H6NO2Y+2. The Morgan fingerprint density at radius 3 is 2.91 bits per heavy atom. The molecule has 1 aromatic rings. The van der Waals surface area contributed by atoms with Crippen molar-refractivity contribution in [2.24, 2.45) is 0 Å². The first-order valence-corrected chi connectivity index (χ1v) is 2.74. The molecule has 1 aromatic carbocycles. The summed E-state index contributed by atoms with van der Waals surface area (Å²) in [5.41, 5.74) is 0.373. The quantitative estimate of drug-likeness (QED) is 0.443. The SMILES string of the molecule is O=CNc1c[c-]ccc1O.[Y+3]. The van der Waals surface area contributed by atoms with E-state index in [0.717, 1.165) is 0 Å². The number of carbonyl (C=O) groups is 1. The number of amides is 1. The summed E-state index contributed by atoms with van der Waals surface area (Å²) in [5, 5.41) is 11.3. The first kappa shape index (κ1) is 10.6. The minimum absolute atomic E-state index is 0. The number of hydrogen-bond donors (Lipinski definition) is 2. The molecule has 0 aromatic heterocycles. The van der Waals surface area contributed by atoms with Crippen LogP contribution in [0, 0.1) is 6.07 Å². The Hall–Kier alpha value is -0.406. The number of benzene rings is 1. The molecule has 0 aliphatic heterocycles. The van der Waals surface area contributed by atoms with Crippen LogP contribution in [0.4, 0.5) is 5.69 Å². The van der Waals surface area contributed by atoms with E-state index < -0.39 is 0 Å². The number of hydrogen-bond acceptors (Lipinski definition) is 2. The zero-order valence-corrected chi connectivity index (χ0v) is 8.58. The van der Waals surface area contributed by atoms with Gasteiger partial charge in [0.25, 0.3) is 0 Å². The Balaban J connectivity index is 0.000001000. The van der Waals surface area contributed by atoms with Crippen molar-refractivity contribution in [3.05, 3.63) is 24.3 Å². The molecule has 4 heteroatoms. The first-order valence-electron chi connectivity index (χ1n) is 2.74. The van der Waals surface area contributed by atoms with E-state index in [1.807, 2.05) is 0 Å². The van der Waals surface area contributed by atoms with E-state index in [-0.39, 0.29) is 38.5 Å². The van der Waals surface area contributed by atoms with Gasteiger partial charge < -0.3 is 10.4 Å². The molecule has 1 rings (SSSR count). The van der Waals surface area contributed by atoms with E-state index in [1.165, 1.54) is 12.1 Å². The number of nitrogens with one attached hydrogen (secondary N) is 1. The number of anilines is 1. The fourth-order valence-corrected chi connectivity index (χ4v) is 0.601. The van der Waals surface area contributed by atoms with Crippen molar-refractivity contribution < 1.29 is 42.6 Å². The summed E-state index contributed by atoms with van der Waals surface area (Å²) in [5.74, 6) is 0.0471. The number of rotatable bonds is 2. The summed E-state index contributed by atoms with van der Waals surface area (Å²) in [7, 11) is 0. The molecule has 0 unspecified atom stereocenters. The van der Waals surface area contributed by atoms with Crippen LogP contribution in [-0.4, -0.2) is 11.5 Å². The van der Waals surface area contributed by atoms with Gasteiger partial charge in [-0.05, 0) is 5.69 Å². The largest absolute Gasteiger partial charge is 3.00 e. The van der Waals surface area contributed by atoms with Crippen LogP contribution in [0.15, 0.2) is 18.2 Å². The minimum Gasteiger partial charge on any atom is -0.531 e. The van der Waals surface area contributed by atoms with Crippen LogP contribution in [0.2, 0.25) is 0 Å². The van der Waals surface area contributed by atoms with Gasteiger partial charge in [-0.1, -0.05) is 0 Å². The Labute approximate surface area is 89.7 Å². The van der Waals surface area contributed by atoms with Crippen molar-refractivity contribution in [3.63, 3.8) is 0 Å². The third kappa shape index (κ3) is 2.99. The Kier molecular flexibility index (Phi) is 5.08. The fourth-order valence-electron chi connectivity index (χ4n) is 0.601. The molecule has 0 radical (unpaired) electrons. The minimum atomic E-state index is 0. The molecule has 1 amide bonds. The molecule has 0 saturated heterocycles. The first-order chi connectivity index (χ1) is 4.84. The number of carbonyl (C=O) groups excluding carboxylic acids is 1. The predicted molar refractivity (Wildman–Crippen MR) is 36.6 cm³/mol. The Bertz CT molecular complexity index is 240. The summed E-state index contributed by atoms with van der Waals surface area (Å²) >= 11 is 0. The van der Waals surface area contributed by atoms with Crippen LogP contribution in [0.5, 0.6) is 5.75 Å². The van der Waals surface area contributed by atoms with Crippen molar-refractivity contribution >= 4 is 12.1 Å². The number of phenols is 1. The Morgan fingerprint density at radius 1 is 1.64 bits per heavy atom. The van der Waals surface area contributed by atoms with Crippen molar-refractivity contribution in [1.29, 1.82) is 0 Å². The third-order valence-electron chi connectivity index (χ3n) is 1.06. The standard InChI is InChI=1S/C7H6NO2.Y/c9-5-8-6-3-1-2-4-7(6)10;/h2-5,10H,(H,8,9);/q-1;+3. The summed E-state index contributed by atoms with van der Waals surface area (Å²) in [4.78, 5) is 9.89. The van der Waals surface area contributed by atoms with Gasteiger partial charge in [0.2, 0.25) is 6.41 Å². The average molecular weight is 225 g/mol. The maximum atomic E-state index is 9.89. The predicted octanol–water partition coefficient (Wildman–Crippen LogP) is 0.758. The van der Waals surface area contributed by atoms with Gasteiger partial charge in [-0.3, -0.25) is 4.79 Å². The van der Waals surface area contributed by atoms with Crippen LogP contribution in [-0.2, 0) is 37.5 Å². The van der Waals surface area contributed by atoms with E-state index in [2.05, 4.69) is 11.4 Å². The van der Waals surface area contributed by atoms with Gasteiger partial charge in [0.15, 0.2) is 0 Å². The molecule has 0 bridgehead atoms. The molecule has 0 aliphatic carbocycles. The molecule has 0 heterocycles. The average Bonchev–Trinajstić information content (AvgIpc) is 1.94. The second-order valence-corrected chi connectivity index (χ2v) is 1.71. The third-order valence-corrected chi connectivity index (χ3v) is 1.06. The maximum absolute atomic E-state index is 9.89. The topological polar surface area (TPSA) is 49.3 Å². The molecule has 52 valence electrons. The molecule has 0 saturated carbocycles. The van der Waals surface area contributed by atoms with Crippen molar-refractivity contribution in [2.45, 2.75) is 0 Å². The Morgan fingerprint density at radius 2 is 2.36 bits per heavy atom. The normalized spacial score (nSPS) is 8.00. The molecule has 0 atom stereocenters. The molecule has 3 nitrogen and oxygen atoms in total. The van der Waals surface area contributed by atoms with Crippen LogP contribution < -0.4 is 5.32 Å². The van der Waals surface area contributed by atoms with E-state index in [0.29, 0.717) is 12.1 Å².